The summed E-state index contributed by atoms with van der Waals surface area (Å²) in [4.78, 5) is 16.8. The quantitative estimate of drug-likeness (QED) is 0.676. The van der Waals surface area contributed by atoms with Gasteiger partial charge in [0.1, 0.15) is 16.6 Å². The van der Waals surface area contributed by atoms with Crippen LogP contribution >= 0.6 is 11.3 Å². The first-order valence-electron chi connectivity index (χ1n) is 8.12. The molecule has 3 rings (SSSR count). The van der Waals surface area contributed by atoms with E-state index in [1.807, 2.05) is 0 Å². The molecule has 0 aliphatic heterocycles. The fourth-order valence-electron chi connectivity index (χ4n) is 2.29. The normalized spacial score (nSPS) is 10.8. The van der Waals surface area contributed by atoms with Gasteiger partial charge in [-0.25, -0.2) is 9.37 Å². The predicted octanol–water partition coefficient (Wildman–Crippen LogP) is 4.27. The molecular weight excluding hydrogens is 353 g/mol. The summed E-state index contributed by atoms with van der Waals surface area (Å²) < 4.78 is 13.4. The summed E-state index contributed by atoms with van der Waals surface area (Å²) in [6.07, 6.45) is 2.37. The Balaban J connectivity index is 1.76. The average molecular weight is 371 g/mol. The molecule has 6 nitrogen and oxygen atoms in total. The molecule has 2 heterocycles. The Morgan fingerprint density at radius 2 is 2.08 bits per heavy atom. The predicted molar refractivity (Wildman–Crippen MR) is 100 cm³/mol. The molecule has 1 aromatic carbocycles. The van der Waals surface area contributed by atoms with E-state index in [1.165, 1.54) is 23.5 Å². The van der Waals surface area contributed by atoms with Gasteiger partial charge in [0.05, 0.1) is 5.56 Å². The van der Waals surface area contributed by atoms with E-state index < -0.39 is 0 Å². The van der Waals surface area contributed by atoms with E-state index in [1.54, 1.807) is 30.5 Å². The lowest BCUT2D eigenvalue weighted by Crippen LogP contribution is -2.14. The summed E-state index contributed by atoms with van der Waals surface area (Å²) >= 11 is 1.35. The lowest BCUT2D eigenvalue weighted by atomic mass is 10.1. The lowest BCUT2D eigenvalue weighted by Gasteiger charge is -2.10. The molecule has 0 fully saturated rings. The summed E-state index contributed by atoms with van der Waals surface area (Å²) in [5, 5.41) is 15.1. The average Bonchev–Trinajstić information content (AvgIpc) is 3.01. The second-order valence-electron chi connectivity index (χ2n) is 6.09. The Morgan fingerprint density at radius 1 is 1.23 bits per heavy atom. The molecule has 0 bridgehead atoms. The van der Waals surface area contributed by atoms with E-state index in [2.05, 4.69) is 39.7 Å². The Morgan fingerprint density at radius 3 is 2.85 bits per heavy atom. The van der Waals surface area contributed by atoms with Crippen LogP contribution in [0.25, 0.3) is 0 Å². The van der Waals surface area contributed by atoms with Gasteiger partial charge < -0.3 is 5.32 Å². The van der Waals surface area contributed by atoms with Crippen LogP contribution in [0.4, 0.5) is 21.0 Å². The van der Waals surface area contributed by atoms with Crippen molar-refractivity contribution in [2.24, 2.45) is 5.92 Å². The fourth-order valence-corrected chi connectivity index (χ4v) is 3.24. The van der Waals surface area contributed by atoms with Crippen molar-refractivity contribution >= 4 is 33.9 Å². The molecule has 3 aromatic rings. The SMILES string of the molecule is CC(C)Cc1nnc(NC(=O)c2cccnc2Nc2cccc(F)c2)s1. The van der Waals surface area contributed by atoms with E-state index in [-0.39, 0.29) is 11.7 Å². The van der Waals surface area contributed by atoms with E-state index in [9.17, 15) is 9.18 Å². The molecule has 0 radical (unpaired) electrons. The number of halogens is 1. The second kappa shape index (κ2) is 8.01. The summed E-state index contributed by atoms with van der Waals surface area (Å²) in [6, 6.07) is 9.26. The molecule has 0 spiro atoms. The highest BCUT2D eigenvalue weighted by molar-refractivity contribution is 7.15. The second-order valence-corrected chi connectivity index (χ2v) is 7.15. The zero-order valence-corrected chi connectivity index (χ0v) is 15.2. The van der Waals surface area contributed by atoms with Crippen molar-refractivity contribution in [3.63, 3.8) is 0 Å². The van der Waals surface area contributed by atoms with Gasteiger partial charge in [0.25, 0.3) is 5.91 Å². The Bertz CT molecular complexity index is 912. The number of nitrogens with zero attached hydrogens (tertiary/aromatic N) is 3. The molecule has 0 atom stereocenters. The summed E-state index contributed by atoms with van der Waals surface area (Å²) in [7, 11) is 0. The third kappa shape index (κ3) is 4.60. The molecule has 2 N–H and O–H groups in total. The summed E-state index contributed by atoms with van der Waals surface area (Å²) in [5.74, 6) is 0.0714. The molecule has 1 amide bonds. The Labute approximate surface area is 154 Å². The smallest absolute Gasteiger partial charge is 0.261 e. The van der Waals surface area contributed by atoms with E-state index in [0.717, 1.165) is 11.4 Å². The van der Waals surface area contributed by atoms with Crippen LogP contribution in [0, 0.1) is 11.7 Å². The number of carbonyl (C=O) groups is 1. The van der Waals surface area contributed by atoms with Crippen molar-refractivity contribution in [3.05, 3.63) is 59.0 Å². The van der Waals surface area contributed by atoms with Crippen molar-refractivity contribution < 1.29 is 9.18 Å². The molecule has 8 heteroatoms. The summed E-state index contributed by atoms with van der Waals surface area (Å²) in [5.41, 5.74) is 0.838. The van der Waals surface area contributed by atoms with Crippen molar-refractivity contribution in [2.45, 2.75) is 20.3 Å². The van der Waals surface area contributed by atoms with Gasteiger partial charge in [-0.1, -0.05) is 31.3 Å². The molecule has 26 heavy (non-hydrogen) atoms. The molecular formula is C18H18FN5OS. The Hall–Kier alpha value is -2.87. The van der Waals surface area contributed by atoms with Crippen LogP contribution in [0.2, 0.25) is 0 Å². The summed E-state index contributed by atoms with van der Waals surface area (Å²) in [6.45, 7) is 4.19. The highest BCUT2D eigenvalue weighted by Gasteiger charge is 2.15. The maximum absolute atomic E-state index is 13.4. The van der Waals surface area contributed by atoms with Crippen LogP contribution in [0.3, 0.4) is 0 Å². The number of amides is 1. The minimum Gasteiger partial charge on any atom is -0.339 e. The van der Waals surface area contributed by atoms with Gasteiger partial charge in [-0.2, -0.15) is 0 Å². The molecule has 0 unspecified atom stereocenters. The van der Waals surface area contributed by atoms with Gasteiger partial charge >= 0.3 is 0 Å². The van der Waals surface area contributed by atoms with E-state index in [0.29, 0.717) is 28.1 Å². The Kier molecular flexibility index (Phi) is 5.52. The number of aromatic nitrogens is 3. The minimum absolute atomic E-state index is 0.331. The van der Waals surface area contributed by atoms with Gasteiger partial charge in [0.15, 0.2) is 0 Å². The number of benzene rings is 1. The number of hydrogen-bond acceptors (Lipinski definition) is 6. The number of anilines is 3. The molecule has 0 saturated carbocycles. The van der Waals surface area contributed by atoms with Gasteiger partial charge in [-0.15, -0.1) is 10.2 Å². The van der Waals surface area contributed by atoms with Gasteiger partial charge in [-0.05, 0) is 36.2 Å². The maximum Gasteiger partial charge on any atom is 0.261 e. The number of pyridine rings is 1. The number of carbonyl (C=O) groups excluding carboxylic acids is 1. The van der Waals surface area contributed by atoms with Crippen molar-refractivity contribution in [3.8, 4) is 0 Å². The largest absolute Gasteiger partial charge is 0.339 e. The zero-order chi connectivity index (χ0) is 18.5. The third-order valence-electron chi connectivity index (χ3n) is 3.41. The minimum atomic E-state index is -0.372. The third-order valence-corrected chi connectivity index (χ3v) is 4.27. The highest BCUT2D eigenvalue weighted by atomic mass is 32.1. The highest BCUT2D eigenvalue weighted by Crippen LogP contribution is 2.22. The number of hydrogen-bond donors (Lipinski definition) is 2. The fraction of sp³-hybridized carbons (Fsp3) is 0.222. The van der Waals surface area contributed by atoms with Gasteiger partial charge in [0, 0.05) is 18.3 Å². The molecule has 0 saturated heterocycles. The topological polar surface area (TPSA) is 79.8 Å². The number of nitrogens with one attached hydrogen (secondary N) is 2. The maximum atomic E-state index is 13.4. The first-order chi connectivity index (χ1) is 12.5. The van der Waals surface area contributed by atoms with Crippen LogP contribution in [0.1, 0.15) is 29.2 Å². The lowest BCUT2D eigenvalue weighted by molar-refractivity contribution is 0.102. The number of rotatable bonds is 6. The molecule has 0 aliphatic rings. The first-order valence-corrected chi connectivity index (χ1v) is 8.94. The van der Waals surface area contributed by atoms with E-state index in [4.69, 9.17) is 0 Å². The molecule has 2 aromatic heterocycles. The van der Waals surface area contributed by atoms with Crippen LogP contribution < -0.4 is 10.6 Å². The zero-order valence-electron chi connectivity index (χ0n) is 14.4. The van der Waals surface area contributed by atoms with Crippen molar-refractivity contribution in [1.29, 1.82) is 0 Å². The standard InChI is InChI=1S/C18H18FN5OS/c1-11(2)9-15-23-24-18(26-15)22-17(25)14-7-4-8-20-16(14)21-13-6-3-5-12(19)10-13/h3-8,10-11H,9H2,1-2H3,(H,20,21)(H,22,24,25). The first kappa shape index (κ1) is 17.9. The molecule has 0 aliphatic carbocycles. The van der Waals surface area contributed by atoms with Crippen LogP contribution in [0.5, 0.6) is 0 Å². The monoisotopic (exact) mass is 371 g/mol. The van der Waals surface area contributed by atoms with Crippen LogP contribution in [-0.4, -0.2) is 21.1 Å². The van der Waals surface area contributed by atoms with Crippen molar-refractivity contribution in [1.82, 2.24) is 15.2 Å². The van der Waals surface area contributed by atoms with E-state index >= 15 is 0 Å². The van der Waals surface area contributed by atoms with Gasteiger partial charge in [-0.3, -0.25) is 10.1 Å². The van der Waals surface area contributed by atoms with Gasteiger partial charge in [0.2, 0.25) is 5.13 Å². The molecule has 134 valence electrons. The van der Waals surface area contributed by atoms with Crippen LogP contribution in [0.15, 0.2) is 42.6 Å². The van der Waals surface area contributed by atoms with Crippen LogP contribution in [-0.2, 0) is 6.42 Å². The van der Waals surface area contributed by atoms with Crippen molar-refractivity contribution in [2.75, 3.05) is 10.6 Å².